The Kier molecular flexibility index (Phi) is 4.74. The summed E-state index contributed by atoms with van der Waals surface area (Å²) in [6.45, 7) is 0. The minimum atomic E-state index is -0.787. The van der Waals surface area contributed by atoms with Gasteiger partial charge in [0, 0.05) is 0 Å². The second-order valence-corrected chi connectivity index (χ2v) is 4.68. The van der Waals surface area contributed by atoms with Gasteiger partial charge in [0.15, 0.2) is 0 Å². The number of hydrogen-bond donors (Lipinski definition) is 2. The van der Waals surface area contributed by atoms with Gasteiger partial charge in [0.05, 0.1) is 21.9 Å². The fraction of sp³-hybridized carbons (Fsp3) is 0. The number of aliphatic hydroxyl groups excluding tert-OH is 1. The van der Waals surface area contributed by atoms with Crippen LogP contribution in [0, 0.1) is 15.9 Å². The van der Waals surface area contributed by atoms with Gasteiger partial charge >= 0.3 is 5.69 Å². The van der Waals surface area contributed by atoms with Gasteiger partial charge in [-0.2, -0.15) is 4.98 Å². The molecule has 0 aliphatic rings. The predicted molar refractivity (Wildman–Crippen MR) is 80.1 cm³/mol. The van der Waals surface area contributed by atoms with Crippen LogP contribution in [-0.2, 0) is 0 Å². The van der Waals surface area contributed by atoms with Gasteiger partial charge in [-0.25, -0.2) is 9.37 Å². The summed E-state index contributed by atoms with van der Waals surface area (Å²) in [4.78, 5) is 17.3. The van der Waals surface area contributed by atoms with E-state index < -0.39 is 16.4 Å². The van der Waals surface area contributed by atoms with Crippen molar-refractivity contribution in [2.45, 2.75) is 0 Å². The molecular formula is C12H7Cl2FN4O3. The van der Waals surface area contributed by atoms with Crippen LogP contribution in [0.3, 0.4) is 0 Å². The second kappa shape index (κ2) is 6.54. The van der Waals surface area contributed by atoms with Crippen molar-refractivity contribution in [1.29, 1.82) is 0 Å². The number of nitrogens with one attached hydrogen (secondary N) is 1. The van der Waals surface area contributed by atoms with Gasteiger partial charge in [-0.3, -0.25) is 10.1 Å². The van der Waals surface area contributed by atoms with E-state index in [-0.39, 0.29) is 21.8 Å². The zero-order valence-electron chi connectivity index (χ0n) is 10.6. The molecule has 0 saturated heterocycles. The average Bonchev–Trinajstić information content (AvgIpc) is 2.43. The topological polar surface area (TPSA) is 101 Å². The molecule has 0 unspecified atom stereocenters. The van der Waals surface area contributed by atoms with Crippen LogP contribution < -0.4 is 5.32 Å². The average molecular weight is 345 g/mol. The van der Waals surface area contributed by atoms with E-state index in [1.807, 2.05) is 0 Å². The SMILES string of the molecule is O=[N+]([O-])c1cnc(Cl)nc1Nc1c(F)cc(/C=C/O)cc1Cl. The third-order valence-corrected chi connectivity index (χ3v) is 2.99. The molecule has 0 aliphatic carbocycles. The van der Waals surface area contributed by atoms with Gasteiger partial charge in [-0.1, -0.05) is 11.6 Å². The van der Waals surface area contributed by atoms with Gasteiger partial charge in [0.1, 0.15) is 12.0 Å². The molecule has 2 aromatic rings. The lowest BCUT2D eigenvalue weighted by Gasteiger charge is -2.10. The molecule has 2 rings (SSSR count). The summed E-state index contributed by atoms with van der Waals surface area (Å²) in [7, 11) is 0. The van der Waals surface area contributed by atoms with Crippen molar-refractivity contribution in [2.24, 2.45) is 0 Å². The van der Waals surface area contributed by atoms with Crippen LogP contribution in [0.2, 0.25) is 10.3 Å². The lowest BCUT2D eigenvalue weighted by molar-refractivity contribution is -0.384. The van der Waals surface area contributed by atoms with Crippen molar-refractivity contribution >= 4 is 46.5 Å². The number of nitro groups is 1. The maximum Gasteiger partial charge on any atom is 0.329 e. The summed E-state index contributed by atoms with van der Waals surface area (Å²) >= 11 is 11.5. The van der Waals surface area contributed by atoms with E-state index in [4.69, 9.17) is 28.3 Å². The molecule has 0 fully saturated rings. The number of benzene rings is 1. The first-order valence-corrected chi connectivity index (χ1v) is 6.41. The maximum atomic E-state index is 14.0. The van der Waals surface area contributed by atoms with E-state index >= 15 is 0 Å². The molecule has 0 amide bonds. The van der Waals surface area contributed by atoms with E-state index in [2.05, 4.69) is 15.3 Å². The van der Waals surface area contributed by atoms with Crippen LogP contribution in [0.25, 0.3) is 6.08 Å². The molecule has 7 nitrogen and oxygen atoms in total. The maximum absolute atomic E-state index is 14.0. The van der Waals surface area contributed by atoms with E-state index in [0.29, 0.717) is 5.56 Å². The second-order valence-electron chi connectivity index (χ2n) is 3.93. The number of halogens is 3. The fourth-order valence-corrected chi connectivity index (χ4v) is 1.99. The number of rotatable bonds is 4. The van der Waals surface area contributed by atoms with Crippen LogP contribution in [-0.4, -0.2) is 20.0 Å². The molecule has 10 heteroatoms. The van der Waals surface area contributed by atoms with Gasteiger partial charge in [0.25, 0.3) is 0 Å². The van der Waals surface area contributed by atoms with Gasteiger partial charge < -0.3 is 10.4 Å². The van der Waals surface area contributed by atoms with Gasteiger partial charge in [0.2, 0.25) is 11.1 Å². The molecule has 0 aliphatic heterocycles. The Bertz CT molecular complexity index is 747. The third-order valence-electron chi connectivity index (χ3n) is 2.51. The van der Waals surface area contributed by atoms with E-state index in [1.54, 1.807) is 0 Å². The summed E-state index contributed by atoms with van der Waals surface area (Å²) in [5.41, 5.74) is -0.389. The molecule has 0 spiro atoms. The summed E-state index contributed by atoms with van der Waals surface area (Å²) in [5.74, 6) is -1.08. The van der Waals surface area contributed by atoms with Crippen LogP contribution in [0.1, 0.15) is 5.56 Å². The smallest absolute Gasteiger partial charge is 0.329 e. The number of nitrogens with zero attached hydrogens (tertiary/aromatic N) is 3. The van der Waals surface area contributed by atoms with Crippen molar-refractivity contribution in [3.8, 4) is 0 Å². The highest BCUT2D eigenvalue weighted by atomic mass is 35.5. The zero-order chi connectivity index (χ0) is 16.3. The first-order valence-electron chi connectivity index (χ1n) is 5.66. The van der Waals surface area contributed by atoms with E-state index in [1.165, 1.54) is 12.1 Å². The molecule has 22 heavy (non-hydrogen) atoms. The highest BCUT2D eigenvalue weighted by molar-refractivity contribution is 6.33. The fourth-order valence-electron chi connectivity index (χ4n) is 1.59. The van der Waals surface area contributed by atoms with Crippen LogP contribution in [0.4, 0.5) is 21.6 Å². The van der Waals surface area contributed by atoms with E-state index in [0.717, 1.165) is 18.5 Å². The van der Waals surface area contributed by atoms with Crippen LogP contribution >= 0.6 is 23.2 Å². The Labute approximate surface area is 133 Å². The molecular weight excluding hydrogens is 338 g/mol. The Morgan fingerprint density at radius 1 is 1.41 bits per heavy atom. The quantitative estimate of drug-likeness (QED) is 0.374. The predicted octanol–water partition coefficient (Wildman–Crippen LogP) is 4.10. The highest BCUT2D eigenvalue weighted by Crippen LogP contribution is 2.33. The molecule has 0 bridgehead atoms. The molecule has 114 valence electrons. The molecule has 0 atom stereocenters. The van der Waals surface area contributed by atoms with Gasteiger partial charge in [-0.15, -0.1) is 0 Å². The van der Waals surface area contributed by atoms with Crippen molar-refractivity contribution < 1.29 is 14.4 Å². The van der Waals surface area contributed by atoms with Gasteiger partial charge in [-0.05, 0) is 35.4 Å². The molecule has 0 radical (unpaired) electrons. The number of aromatic nitrogens is 2. The Balaban J connectivity index is 2.48. The third kappa shape index (κ3) is 3.41. The van der Waals surface area contributed by atoms with E-state index in [9.17, 15) is 14.5 Å². The lowest BCUT2D eigenvalue weighted by Crippen LogP contribution is -2.03. The number of hydrogen-bond acceptors (Lipinski definition) is 6. The largest absolute Gasteiger partial charge is 0.516 e. The molecule has 1 aromatic heterocycles. The van der Waals surface area contributed by atoms with Crippen molar-refractivity contribution in [3.63, 3.8) is 0 Å². The number of anilines is 2. The van der Waals surface area contributed by atoms with Crippen molar-refractivity contribution in [3.05, 3.63) is 56.4 Å². The standard InChI is InChI=1S/C12H7Cl2FN4O3/c13-7-3-6(1-2-20)4-8(15)10(7)17-11-9(19(21)22)5-16-12(14)18-11/h1-5,20H,(H,16,17,18)/b2-1+. The molecule has 1 heterocycles. The number of aliphatic hydroxyl groups is 1. The van der Waals surface area contributed by atoms with Crippen LogP contribution in [0.15, 0.2) is 24.6 Å². The lowest BCUT2D eigenvalue weighted by atomic mass is 10.2. The summed E-state index contributed by atoms with van der Waals surface area (Å²) in [6, 6.07) is 2.43. The monoisotopic (exact) mass is 344 g/mol. The summed E-state index contributed by atoms with van der Waals surface area (Å²) < 4.78 is 14.0. The Morgan fingerprint density at radius 3 is 2.73 bits per heavy atom. The summed E-state index contributed by atoms with van der Waals surface area (Å²) in [6.07, 6.45) is 2.85. The molecule has 2 N–H and O–H groups in total. The van der Waals surface area contributed by atoms with Crippen LogP contribution in [0.5, 0.6) is 0 Å². The van der Waals surface area contributed by atoms with Crippen molar-refractivity contribution in [2.75, 3.05) is 5.32 Å². The minimum Gasteiger partial charge on any atom is -0.516 e. The first kappa shape index (κ1) is 15.9. The Morgan fingerprint density at radius 2 is 2.14 bits per heavy atom. The molecule has 1 aromatic carbocycles. The minimum absolute atomic E-state index is 0.0582. The highest BCUT2D eigenvalue weighted by Gasteiger charge is 2.20. The first-order chi connectivity index (χ1) is 10.4. The zero-order valence-corrected chi connectivity index (χ0v) is 12.1. The molecule has 0 saturated carbocycles. The summed E-state index contributed by atoms with van der Waals surface area (Å²) in [5, 5.41) is 21.7. The normalized spacial score (nSPS) is 10.9. The Hall–Kier alpha value is -2.45. The van der Waals surface area contributed by atoms with Crippen molar-refractivity contribution in [1.82, 2.24) is 9.97 Å².